The van der Waals surface area contributed by atoms with Crippen LogP contribution in [-0.2, 0) is 9.53 Å². The van der Waals surface area contributed by atoms with E-state index in [0.29, 0.717) is 19.7 Å². The molecule has 0 aliphatic rings. The molecule has 0 aliphatic heterocycles. The van der Waals surface area contributed by atoms with Crippen molar-refractivity contribution >= 4 is 5.91 Å². The zero-order valence-corrected chi connectivity index (χ0v) is 10.6. The molecular weight excluding hydrogens is 192 g/mol. The number of carbonyl (C=O) groups excluding carboxylic acids is 1. The van der Waals surface area contributed by atoms with E-state index in [2.05, 4.69) is 5.32 Å². The van der Waals surface area contributed by atoms with Crippen LogP contribution in [0.2, 0.25) is 0 Å². The first-order valence-electron chi connectivity index (χ1n) is 5.51. The molecule has 90 valence electrons. The Labute approximate surface area is 93.0 Å². The molecule has 0 heterocycles. The Morgan fingerprint density at radius 2 is 2.00 bits per heavy atom. The second kappa shape index (κ2) is 6.80. The van der Waals surface area contributed by atoms with Crippen molar-refractivity contribution in [3.05, 3.63) is 0 Å². The summed E-state index contributed by atoms with van der Waals surface area (Å²) in [5.74, 6) is 0.116. The van der Waals surface area contributed by atoms with Crippen LogP contribution in [0.15, 0.2) is 0 Å². The van der Waals surface area contributed by atoms with Crippen LogP contribution in [0, 0.1) is 0 Å². The Hall–Kier alpha value is -0.610. The standard InChI is InChI=1S/C11H24N2O2/c1-6-13(5)10(14)8-12-9-11(3,4)15-7-2/h12H,6-9H2,1-5H3. The van der Waals surface area contributed by atoms with Gasteiger partial charge >= 0.3 is 0 Å². The summed E-state index contributed by atoms with van der Waals surface area (Å²) in [4.78, 5) is 13.1. The Kier molecular flexibility index (Phi) is 6.52. The van der Waals surface area contributed by atoms with Gasteiger partial charge in [-0.05, 0) is 27.7 Å². The number of amides is 1. The molecule has 0 aliphatic carbocycles. The number of ether oxygens (including phenoxy) is 1. The first kappa shape index (κ1) is 14.4. The summed E-state index contributed by atoms with van der Waals surface area (Å²) in [6.07, 6.45) is 0. The molecule has 0 aromatic heterocycles. The predicted molar refractivity (Wildman–Crippen MR) is 61.9 cm³/mol. The van der Waals surface area contributed by atoms with Crippen LogP contribution >= 0.6 is 0 Å². The van der Waals surface area contributed by atoms with E-state index >= 15 is 0 Å². The van der Waals surface area contributed by atoms with Crippen LogP contribution in [-0.4, -0.2) is 49.7 Å². The zero-order valence-electron chi connectivity index (χ0n) is 10.6. The monoisotopic (exact) mass is 216 g/mol. The van der Waals surface area contributed by atoms with E-state index in [4.69, 9.17) is 4.74 Å². The largest absolute Gasteiger partial charge is 0.375 e. The van der Waals surface area contributed by atoms with Crippen LogP contribution < -0.4 is 5.32 Å². The van der Waals surface area contributed by atoms with Crippen molar-refractivity contribution in [3.8, 4) is 0 Å². The maximum absolute atomic E-state index is 11.4. The molecule has 0 saturated heterocycles. The molecule has 0 spiro atoms. The molecule has 0 aromatic rings. The highest BCUT2D eigenvalue weighted by Crippen LogP contribution is 2.06. The van der Waals surface area contributed by atoms with Crippen molar-refractivity contribution < 1.29 is 9.53 Å². The fourth-order valence-corrected chi connectivity index (χ4v) is 1.22. The summed E-state index contributed by atoms with van der Waals surface area (Å²) >= 11 is 0. The van der Waals surface area contributed by atoms with Crippen LogP contribution in [0.4, 0.5) is 0 Å². The predicted octanol–water partition coefficient (Wildman–Crippen LogP) is 0.869. The Morgan fingerprint density at radius 1 is 1.40 bits per heavy atom. The van der Waals surface area contributed by atoms with E-state index in [0.717, 1.165) is 6.54 Å². The summed E-state index contributed by atoms with van der Waals surface area (Å²) < 4.78 is 5.51. The second-order valence-corrected chi connectivity index (χ2v) is 4.20. The minimum absolute atomic E-state index is 0.116. The number of rotatable bonds is 7. The van der Waals surface area contributed by atoms with Crippen molar-refractivity contribution in [2.75, 3.05) is 33.3 Å². The van der Waals surface area contributed by atoms with Gasteiger partial charge < -0.3 is 15.0 Å². The van der Waals surface area contributed by atoms with Gasteiger partial charge in [0.2, 0.25) is 5.91 Å². The van der Waals surface area contributed by atoms with Crippen molar-refractivity contribution in [1.29, 1.82) is 0 Å². The highest BCUT2D eigenvalue weighted by atomic mass is 16.5. The maximum atomic E-state index is 11.4. The number of nitrogens with one attached hydrogen (secondary N) is 1. The first-order valence-corrected chi connectivity index (χ1v) is 5.51. The average molecular weight is 216 g/mol. The van der Waals surface area contributed by atoms with Gasteiger partial charge in [-0.25, -0.2) is 0 Å². The van der Waals surface area contributed by atoms with Gasteiger partial charge in [0, 0.05) is 26.7 Å². The van der Waals surface area contributed by atoms with Crippen LogP contribution in [0.3, 0.4) is 0 Å². The quantitative estimate of drug-likeness (QED) is 0.686. The molecule has 4 nitrogen and oxygen atoms in total. The Bertz CT molecular complexity index is 193. The summed E-state index contributed by atoms with van der Waals surface area (Å²) in [6, 6.07) is 0. The van der Waals surface area contributed by atoms with Gasteiger partial charge in [-0.1, -0.05) is 0 Å². The lowest BCUT2D eigenvalue weighted by atomic mass is 10.1. The molecule has 0 unspecified atom stereocenters. The summed E-state index contributed by atoms with van der Waals surface area (Å²) in [7, 11) is 1.80. The van der Waals surface area contributed by atoms with E-state index in [1.807, 2.05) is 27.7 Å². The van der Waals surface area contributed by atoms with Gasteiger partial charge in [-0.3, -0.25) is 4.79 Å². The molecule has 0 bridgehead atoms. The van der Waals surface area contributed by atoms with E-state index < -0.39 is 0 Å². The fraction of sp³-hybridized carbons (Fsp3) is 0.909. The molecule has 0 fully saturated rings. The molecule has 4 heteroatoms. The third-order valence-corrected chi connectivity index (χ3v) is 2.26. The van der Waals surface area contributed by atoms with E-state index in [-0.39, 0.29) is 11.5 Å². The number of nitrogens with zero attached hydrogens (tertiary/aromatic N) is 1. The van der Waals surface area contributed by atoms with Gasteiger partial charge in [-0.15, -0.1) is 0 Å². The zero-order chi connectivity index (χ0) is 11.9. The van der Waals surface area contributed by atoms with E-state index in [1.165, 1.54) is 0 Å². The molecule has 1 amide bonds. The van der Waals surface area contributed by atoms with Gasteiger partial charge in [0.25, 0.3) is 0 Å². The molecular formula is C11H24N2O2. The van der Waals surface area contributed by atoms with Gasteiger partial charge in [0.1, 0.15) is 0 Å². The lowest BCUT2D eigenvalue weighted by Crippen LogP contribution is -2.42. The third-order valence-electron chi connectivity index (χ3n) is 2.26. The van der Waals surface area contributed by atoms with Crippen LogP contribution in [0.25, 0.3) is 0 Å². The topological polar surface area (TPSA) is 41.6 Å². The van der Waals surface area contributed by atoms with Crippen LogP contribution in [0.5, 0.6) is 0 Å². The van der Waals surface area contributed by atoms with Gasteiger partial charge in [0.05, 0.1) is 12.1 Å². The first-order chi connectivity index (χ1) is 6.93. The molecule has 0 atom stereocenters. The molecule has 0 radical (unpaired) electrons. The highest BCUT2D eigenvalue weighted by molar-refractivity contribution is 5.77. The highest BCUT2D eigenvalue weighted by Gasteiger charge is 2.17. The summed E-state index contributed by atoms with van der Waals surface area (Å²) in [6.45, 7) is 10.5. The second-order valence-electron chi connectivity index (χ2n) is 4.20. The smallest absolute Gasteiger partial charge is 0.236 e. The SMILES string of the molecule is CCOC(C)(C)CNCC(=O)N(C)CC. The minimum Gasteiger partial charge on any atom is -0.375 e. The van der Waals surface area contributed by atoms with Crippen molar-refractivity contribution in [1.82, 2.24) is 10.2 Å². The lowest BCUT2D eigenvalue weighted by Gasteiger charge is -2.25. The van der Waals surface area contributed by atoms with Crippen molar-refractivity contribution in [3.63, 3.8) is 0 Å². The summed E-state index contributed by atoms with van der Waals surface area (Å²) in [5.41, 5.74) is -0.209. The van der Waals surface area contributed by atoms with Gasteiger partial charge in [-0.2, -0.15) is 0 Å². The normalized spacial score (nSPS) is 11.5. The Balaban J connectivity index is 3.74. The van der Waals surface area contributed by atoms with Gasteiger partial charge in [0.15, 0.2) is 0 Å². The van der Waals surface area contributed by atoms with E-state index in [9.17, 15) is 4.79 Å². The fourth-order valence-electron chi connectivity index (χ4n) is 1.22. The molecule has 15 heavy (non-hydrogen) atoms. The number of hydrogen-bond donors (Lipinski definition) is 1. The maximum Gasteiger partial charge on any atom is 0.236 e. The minimum atomic E-state index is -0.209. The lowest BCUT2D eigenvalue weighted by molar-refractivity contribution is -0.128. The molecule has 1 N–H and O–H groups in total. The number of hydrogen-bond acceptors (Lipinski definition) is 3. The third kappa shape index (κ3) is 6.47. The number of carbonyl (C=O) groups is 1. The molecule has 0 saturated carbocycles. The molecule has 0 rings (SSSR count). The Morgan fingerprint density at radius 3 is 2.47 bits per heavy atom. The number of likely N-dealkylation sites (N-methyl/N-ethyl adjacent to an activating group) is 1. The molecule has 0 aromatic carbocycles. The summed E-state index contributed by atoms with van der Waals surface area (Å²) in [5, 5.41) is 3.11. The van der Waals surface area contributed by atoms with Crippen molar-refractivity contribution in [2.45, 2.75) is 33.3 Å². The van der Waals surface area contributed by atoms with Crippen molar-refractivity contribution in [2.24, 2.45) is 0 Å². The van der Waals surface area contributed by atoms with Crippen LogP contribution in [0.1, 0.15) is 27.7 Å². The average Bonchev–Trinajstić information content (AvgIpc) is 2.15. The van der Waals surface area contributed by atoms with E-state index in [1.54, 1.807) is 11.9 Å².